The van der Waals surface area contributed by atoms with E-state index in [1.54, 1.807) is 11.3 Å². The Labute approximate surface area is 136 Å². The predicted octanol–water partition coefficient (Wildman–Crippen LogP) is 2.57. The molecular formula is C13H21IN4S. The summed E-state index contributed by atoms with van der Waals surface area (Å²) < 4.78 is 0. The lowest BCUT2D eigenvalue weighted by Crippen LogP contribution is -2.37. The van der Waals surface area contributed by atoms with Gasteiger partial charge in [-0.25, -0.2) is 9.98 Å². The molecule has 0 amide bonds. The third-order valence-electron chi connectivity index (χ3n) is 2.16. The molecule has 6 heteroatoms. The highest BCUT2D eigenvalue weighted by molar-refractivity contribution is 14.0. The maximum Gasteiger partial charge on any atom is 0.192 e. The summed E-state index contributed by atoms with van der Waals surface area (Å²) in [4.78, 5) is 8.97. The van der Waals surface area contributed by atoms with Crippen molar-refractivity contribution in [1.29, 1.82) is 0 Å². The molecule has 0 aliphatic carbocycles. The summed E-state index contributed by atoms with van der Waals surface area (Å²) >= 11 is 1.69. The van der Waals surface area contributed by atoms with Crippen molar-refractivity contribution in [1.82, 2.24) is 15.6 Å². The van der Waals surface area contributed by atoms with Crippen molar-refractivity contribution in [2.24, 2.45) is 4.99 Å². The van der Waals surface area contributed by atoms with Crippen molar-refractivity contribution in [3.63, 3.8) is 0 Å². The van der Waals surface area contributed by atoms with Gasteiger partial charge in [0, 0.05) is 17.8 Å². The van der Waals surface area contributed by atoms with E-state index >= 15 is 0 Å². The van der Waals surface area contributed by atoms with Gasteiger partial charge in [-0.1, -0.05) is 19.8 Å². The Morgan fingerprint density at radius 2 is 2.26 bits per heavy atom. The molecule has 0 bridgehead atoms. The summed E-state index contributed by atoms with van der Waals surface area (Å²) in [6.07, 6.45) is 5.21. The van der Waals surface area contributed by atoms with Gasteiger partial charge in [0.15, 0.2) is 5.96 Å². The van der Waals surface area contributed by atoms with Crippen LogP contribution < -0.4 is 10.6 Å². The van der Waals surface area contributed by atoms with Crippen LogP contribution in [0, 0.1) is 12.3 Å². The Bertz CT molecular complexity index is 434. The average molecular weight is 392 g/mol. The molecule has 0 fully saturated rings. The van der Waals surface area contributed by atoms with E-state index in [9.17, 15) is 0 Å². The molecule has 19 heavy (non-hydrogen) atoms. The molecule has 1 heterocycles. The molecule has 0 aliphatic rings. The smallest absolute Gasteiger partial charge is 0.192 e. The lowest BCUT2D eigenvalue weighted by molar-refractivity contribution is 0.827. The van der Waals surface area contributed by atoms with Crippen molar-refractivity contribution in [3.8, 4) is 12.3 Å². The highest BCUT2D eigenvalue weighted by Gasteiger charge is 2.05. The largest absolute Gasteiger partial charge is 0.357 e. The summed E-state index contributed by atoms with van der Waals surface area (Å²) in [6.45, 7) is 8.16. The summed E-state index contributed by atoms with van der Waals surface area (Å²) in [5, 5.41) is 9.40. The summed E-state index contributed by atoms with van der Waals surface area (Å²) in [5.74, 6) is 3.73. The fourth-order valence-corrected chi connectivity index (χ4v) is 2.12. The molecule has 1 rings (SSSR count). The number of aliphatic imine (C=N–C) groups is 1. The highest BCUT2D eigenvalue weighted by atomic mass is 127. The van der Waals surface area contributed by atoms with Crippen LogP contribution in [0.1, 0.15) is 37.4 Å². The van der Waals surface area contributed by atoms with Gasteiger partial charge in [-0.15, -0.1) is 41.7 Å². The molecule has 1 aromatic rings. The standard InChI is InChI=1S/C13H20N4S.HI/c1-5-7-15-13(14-6-2)16-8-11-9-18-12(17-11)10(3)4;/h1,9-10H,6-8H2,2-4H3,(H2,14,15,16);1H. The second kappa shape index (κ2) is 10.0. The third-order valence-corrected chi connectivity index (χ3v) is 3.36. The topological polar surface area (TPSA) is 49.3 Å². The van der Waals surface area contributed by atoms with Gasteiger partial charge in [0.05, 0.1) is 23.8 Å². The zero-order chi connectivity index (χ0) is 13.4. The molecule has 106 valence electrons. The molecule has 0 aromatic carbocycles. The van der Waals surface area contributed by atoms with E-state index in [-0.39, 0.29) is 24.0 Å². The van der Waals surface area contributed by atoms with Crippen LogP contribution in [0.3, 0.4) is 0 Å². The van der Waals surface area contributed by atoms with Gasteiger partial charge in [0.25, 0.3) is 0 Å². The lowest BCUT2D eigenvalue weighted by atomic mass is 10.2. The highest BCUT2D eigenvalue weighted by Crippen LogP contribution is 2.19. The van der Waals surface area contributed by atoms with E-state index in [0.717, 1.165) is 23.2 Å². The molecule has 0 unspecified atom stereocenters. The minimum atomic E-state index is 0. The number of nitrogens with zero attached hydrogens (tertiary/aromatic N) is 2. The Balaban J connectivity index is 0.00000324. The number of terminal acetylenes is 1. The Hall–Kier alpha value is -0.810. The van der Waals surface area contributed by atoms with Crippen molar-refractivity contribution in [2.45, 2.75) is 33.2 Å². The van der Waals surface area contributed by atoms with Gasteiger partial charge >= 0.3 is 0 Å². The molecule has 0 aliphatic heterocycles. The van der Waals surface area contributed by atoms with E-state index in [1.807, 2.05) is 6.92 Å². The fourth-order valence-electron chi connectivity index (χ4n) is 1.30. The number of hydrogen-bond acceptors (Lipinski definition) is 3. The second-order valence-electron chi connectivity index (χ2n) is 4.08. The SMILES string of the molecule is C#CCNC(=NCc1csc(C(C)C)n1)NCC.I. The first-order valence-corrected chi connectivity index (χ1v) is 6.95. The Morgan fingerprint density at radius 3 is 2.79 bits per heavy atom. The maximum absolute atomic E-state index is 5.21. The van der Waals surface area contributed by atoms with Crippen LogP contribution in [-0.2, 0) is 6.54 Å². The zero-order valence-corrected chi connectivity index (χ0v) is 14.7. The molecule has 0 saturated heterocycles. The molecule has 0 saturated carbocycles. The first kappa shape index (κ1) is 18.2. The average Bonchev–Trinajstić information content (AvgIpc) is 2.81. The quantitative estimate of drug-likeness (QED) is 0.351. The Kier molecular flexibility index (Phi) is 9.61. The molecular weight excluding hydrogens is 371 g/mol. The maximum atomic E-state index is 5.21. The molecule has 4 nitrogen and oxygen atoms in total. The van der Waals surface area contributed by atoms with Crippen molar-refractivity contribution < 1.29 is 0 Å². The van der Waals surface area contributed by atoms with Crippen molar-refractivity contribution in [2.75, 3.05) is 13.1 Å². The minimum Gasteiger partial charge on any atom is -0.357 e. The molecule has 0 atom stereocenters. The first-order valence-electron chi connectivity index (χ1n) is 6.07. The normalized spacial score (nSPS) is 10.8. The zero-order valence-electron chi connectivity index (χ0n) is 11.6. The van der Waals surface area contributed by atoms with Crippen molar-refractivity contribution in [3.05, 3.63) is 16.1 Å². The number of aromatic nitrogens is 1. The van der Waals surface area contributed by atoms with E-state index in [1.165, 1.54) is 0 Å². The molecule has 0 spiro atoms. The van der Waals surface area contributed by atoms with Gasteiger partial charge in [-0.2, -0.15) is 0 Å². The van der Waals surface area contributed by atoms with Crippen LogP contribution in [0.25, 0.3) is 0 Å². The first-order chi connectivity index (χ1) is 8.67. The van der Waals surface area contributed by atoms with Crippen LogP contribution in [0.4, 0.5) is 0 Å². The van der Waals surface area contributed by atoms with Crippen LogP contribution in [0.15, 0.2) is 10.4 Å². The predicted molar refractivity (Wildman–Crippen MR) is 93.3 cm³/mol. The van der Waals surface area contributed by atoms with Gasteiger partial charge in [-0.05, 0) is 6.92 Å². The van der Waals surface area contributed by atoms with Gasteiger partial charge in [0.1, 0.15) is 0 Å². The third kappa shape index (κ3) is 6.78. The number of guanidine groups is 1. The number of thiazole rings is 1. The second-order valence-corrected chi connectivity index (χ2v) is 4.97. The van der Waals surface area contributed by atoms with Gasteiger partial charge in [-0.3, -0.25) is 0 Å². The molecule has 2 N–H and O–H groups in total. The number of halogens is 1. The summed E-state index contributed by atoms with van der Waals surface area (Å²) in [6, 6.07) is 0. The molecule has 0 radical (unpaired) electrons. The number of nitrogens with one attached hydrogen (secondary N) is 2. The fraction of sp³-hybridized carbons (Fsp3) is 0.538. The van der Waals surface area contributed by atoms with Crippen LogP contribution in [0.2, 0.25) is 0 Å². The Morgan fingerprint density at radius 1 is 1.53 bits per heavy atom. The monoisotopic (exact) mass is 392 g/mol. The van der Waals surface area contributed by atoms with Crippen LogP contribution in [-0.4, -0.2) is 24.0 Å². The van der Waals surface area contributed by atoms with Crippen molar-refractivity contribution >= 4 is 41.3 Å². The summed E-state index contributed by atoms with van der Waals surface area (Å²) in [5.41, 5.74) is 1.00. The van der Waals surface area contributed by atoms with E-state index < -0.39 is 0 Å². The molecule has 1 aromatic heterocycles. The van der Waals surface area contributed by atoms with Gasteiger partial charge < -0.3 is 10.6 Å². The minimum absolute atomic E-state index is 0. The lowest BCUT2D eigenvalue weighted by Gasteiger charge is -2.07. The van der Waals surface area contributed by atoms with E-state index in [0.29, 0.717) is 19.0 Å². The summed E-state index contributed by atoms with van der Waals surface area (Å²) in [7, 11) is 0. The van der Waals surface area contributed by atoms with Crippen LogP contribution >= 0.6 is 35.3 Å². The van der Waals surface area contributed by atoms with E-state index in [4.69, 9.17) is 6.42 Å². The van der Waals surface area contributed by atoms with E-state index in [2.05, 4.69) is 45.8 Å². The van der Waals surface area contributed by atoms with Gasteiger partial charge in [0.2, 0.25) is 0 Å². The van der Waals surface area contributed by atoms with Crippen LogP contribution in [0.5, 0.6) is 0 Å². The number of hydrogen-bond donors (Lipinski definition) is 2. The number of rotatable bonds is 5.